The van der Waals surface area contributed by atoms with E-state index in [-0.39, 0.29) is 5.60 Å². The lowest BCUT2D eigenvalue weighted by atomic mass is 9.96. The maximum atomic E-state index is 11.2. The van der Waals surface area contributed by atoms with Crippen LogP contribution in [0.1, 0.15) is 62.5 Å². The van der Waals surface area contributed by atoms with Gasteiger partial charge in [-0.15, -0.1) is 0 Å². The molecule has 2 saturated carbocycles. The number of carboxylic acids is 1. The van der Waals surface area contributed by atoms with Crippen LogP contribution in [0.3, 0.4) is 0 Å². The monoisotopic (exact) mass is 330 g/mol. The lowest BCUT2D eigenvalue weighted by molar-refractivity contribution is -0.143. The summed E-state index contributed by atoms with van der Waals surface area (Å²) in [6, 6.07) is 8.59. The Morgan fingerprint density at radius 3 is 2.21 bits per heavy atom. The van der Waals surface area contributed by atoms with Crippen LogP contribution in [0.5, 0.6) is 0 Å². The SMILES string of the molecule is O=COC1(CCCc2cccc(CCCC3(C(=O)O)CC3)c2)CC1. The summed E-state index contributed by atoms with van der Waals surface area (Å²) in [6.07, 6.45) is 9.31. The van der Waals surface area contributed by atoms with Crippen molar-refractivity contribution < 1.29 is 19.4 Å². The Kier molecular flexibility index (Phi) is 4.93. The van der Waals surface area contributed by atoms with E-state index in [0.717, 1.165) is 64.2 Å². The molecule has 0 bridgehead atoms. The molecule has 2 aliphatic rings. The van der Waals surface area contributed by atoms with Gasteiger partial charge in [0.25, 0.3) is 6.47 Å². The summed E-state index contributed by atoms with van der Waals surface area (Å²) >= 11 is 0. The summed E-state index contributed by atoms with van der Waals surface area (Å²) in [4.78, 5) is 21.7. The number of ether oxygens (including phenoxy) is 1. The number of carboxylic acid groups (broad SMARTS) is 1. The van der Waals surface area contributed by atoms with Gasteiger partial charge in [0, 0.05) is 0 Å². The highest BCUT2D eigenvalue weighted by atomic mass is 16.5. The third-order valence-corrected chi connectivity index (χ3v) is 5.62. The Hall–Kier alpha value is -1.84. The Balaban J connectivity index is 1.42. The van der Waals surface area contributed by atoms with Crippen LogP contribution in [0.2, 0.25) is 0 Å². The predicted octanol–water partition coefficient (Wildman–Crippen LogP) is 3.90. The summed E-state index contributed by atoms with van der Waals surface area (Å²) in [6.45, 7) is 0.581. The molecule has 0 radical (unpaired) electrons. The fraction of sp³-hybridized carbons (Fsp3) is 0.600. The summed E-state index contributed by atoms with van der Waals surface area (Å²) < 4.78 is 5.18. The zero-order valence-corrected chi connectivity index (χ0v) is 14.1. The molecule has 3 rings (SSSR count). The van der Waals surface area contributed by atoms with Crippen molar-refractivity contribution in [3.63, 3.8) is 0 Å². The lowest BCUT2D eigenvalue weighted by Crippen LogP contribution is -2.14. The smallest absolute Gasteiger partial charge is 0.309 e. The number of carbonyl (C=O) groups is 2. The number of hydrogen-bond acceptors (Lipinski definition) is 3. The highest BCUT2D eigenvalue weighted by molar-refractivity contribution is 5.77. The average Bonchev–Trinajstić information content (AvgIpc) is 3.46. The molecule has 2 fully saturated rings. The number of hydrogen-bond donors (Lipinski definition) is 1. The molecule has 0 aromatic heterocycles. The van der Waals surface area contributed by atoms with Crippen LogP contribution in [0.4, 0.5) is 0 Å². The van der Waals surface area contributed by atoms with Crippen molar-refractivity contribution in [1.29, 1.82) is 0 Å². The Labute approximate surface area is 143 Å². The van der Waals surface area contributed by atoms with Gasteiger partial charge in [-0.25, -0.2) is 0 Å². The van der Waals surface area contributed by atoms with Crippen molar-refractivity contribution in [2.24, 2.45) is 5.41 Å². The van der Waals surface area contributed by atoms with Crippen LogP contribution >= 0.6 is 0 Å². The minimum atomic E-state index is -0.622. The summed E-state index contributed by atoms with van der Waals surface area (Å²) in [5.41, 5.74) is 2.04. The average molecular weight is 330 g/mol. The topological polar surface area (TPSA) is 63.6 Å². The molecular weight excluding hydrogens is 304 g/mol. The molecule has 24 heavy (non-hydrogen) atoms. The first-order valence-electron chi connectivity index (χ1n) is 9.00. The van der Waals surface area contributed by atoms with Gasteiger partial charge in [-0.2, -0.15) is 0 Å². The van der Waals surface area contributed by atoms with E-state index in [4.69, 9.17) is 4.74 Å². The molecule has 1 N–H and O–H groups in total. The Morgan fingerprint density at radius 2 is 1.71 bits per heavy atom. The number of carbonyl (C=O) groups excluding carboxylic acids is 1. The van der Waals surface area contributed by atoms with Gasteiger partial charge < -0.3 is 9.84 Å². The van der Waals surface area contributed by atoms with Crippen LogP contribution in [0.15, 0.2) is 24.3 Å². The molecule has 1 aromatic rings. The molecule has 130 valence electrons. The van der Waals surface area contributed by atoms with Crippen molar-refractivity contribution in [3.8, 4) is 0 Å². The molecule has 4 heteroatoms. The first-order valence-corrected chi connectivity index (χ1v) is 9.00. The molecule has 0 amide bonds. The van der Waals surface area contributed by atoms with Crippen molar-refractivity contribution in [2.45, 2.75) is 69.8 Å². The van der Waals surface area contributed by atoms with Gasteiger partial charge in [0.2, 0.25) is 0 Å². The minimum absolute atomic E-state index is 0.158. The maximum absolute atomic E-state index is 11.2. The zero-order valence-electron chi connectivity index (χ0n) is 14.1. The first-order chi connectivity index (χ1) is 11.6. The molecule has 0 spiro atoms. The molecule has 4 nitrogen and oxygen atoms in total. The van der Waals surface area contributed by atoms with E-state index < -0.39 is 11.4 Å². The van der Waals surface area contributed by atoms with E-state index in [1.54, 1.807) is 0 Å². The van der Waals surface area contributed by atoms with Gasteiger partial charge in [-0.3, -0.25) is 9.59 Å². The predicted molar refractivity (Wildman–Crippen MR) is 90.7 cm³/mol. The molecular formula is C20H26O4. The van der Waals surface area contributed by atoms with E-state index in [0.29, 0.717) is 6.47 Å². The molecule has 1 aromatic carbocycles. The first kappa shape index (κ1) is 17.0. The van der Waals surface area contributed by atoms with Crippen LogP contribution in [-0.4, -0.2) is 23.1 Å². The molecule has 0 heterocycles. The number of benzene rings is 1. The molecule has 0 unspecified atom stereocenters. The molecule has 0 atom stereocenters. The van der Waals surface area contributed by atoms with Crippen LogP contribution in [0, 0.1) is 5.41 Å². The minimum Gasteiger partial charge on any atom is -0.481 e. The molecule has 0 saturated heterocycles. The van der Waals surface area contributed by atoms with Gasteiger partial charge in [0.1, 0.15) is 5.60 Å². The van der Waals surface area contributed by atoms with Gasteiger partial charge >= 0.3 is 5.97 Å². The summed E-state index contributed by atoms with van der Waals surface area (Å²) in [7, 11) is 0. The van der Waals surface area contributed by atoms with Crippen LogP contribution < -0.4 is 0 Å². The lowest BCUT2D eigenvalue weighted by Gasteiger charge is -2.13. The highest BCUT2D eigenvalue weighted by Gasteiger charge is 2.49. The van der Waals surface area contributed by atoms with E-state index in [1.807, 2.05) is 0 Å². The highest BCUT2D eigenvalue weighted by Crippen LogP contribution is 2.50. The number of rotatable bonds is 11. The van der Waals surface area contributed by atoms with E-state index in [9.17, 15) is 14.7 Å². The summed E-state index contributed by atoms with van der Waals surface area (Å²) in [5, 5.41) is 9.22. The molecule has 2 aliphatic carbocycles. The van der Waals surface area contributed by atoms with Gasteiger partial charge in [0.15, 0.2) is 0 Å². The number of aryl methyl sites for hydroxylation is 2. The van der Waals surface area contributed by atoms with Gasteiger partial charge in [-0.1, -0.05) is 24.3 Å². The van der Waals surface area contributed by atoms with Crippen molar-refractivity contribution >= 4 is 12.4 Å². The van der Waals surface area contributed by atoms with Gasteiger partial charge in [-0.05, 0) is 75.3 Å². The number of aliphatic carboxylic acids is 1. The molecule has 0 aliphatic heterocycles. The van der Waals surface area contributed by atoms with Crippen LogP contribution in [-0.2, 0) is 27.2 Å². The second-order valence-electron chi connectivity index (χ2n) is 7.51. The standard InChI is InChI=1S/C20H26O4/c21-15-24-20(12-13-20)9-3-7-17-5-1-4-16(14-17)6-2-8-19(10-11-19)18(22)23/h1,4-5,14-15H,2-3,6-13H2,(H,22,23). The quantitative estimate of drug-likeness (QED) is 0.625. The fourth-order valence-corrected chi connectivity index (χ4v) is 3.58. The van der Waals surface area contributed by atoms with Crippen molar-refractivity contribution in [3.05, 3.63) is 35.4 Å². The third kappa shape index (κ3) is 4.16. The van der Waals surface area contributed by atoms with Crippen molar-refractivity contribution in [1.82, 2.24) is 0 Å². The van der Waals surface area contributed by atoms with Crippen LogP contribution in [0.25, 0.3) is 0 Å². The Bertz CT molecular complexity index is 599. The fourth-order valence-electron chi connectivity index (χ4n) is 3.58. The zero-order chi connectivity index (χ0) is 17.0. The third-order valence-electron chi connectivity index (χ3n) is 5.62. The van der Waals surface area contributed by atoms with E-state index in [1.165, 1.54) is 11.1 Å². The largest absolute Gasteiger partial charge is 0.481 e. The Morgan fingerprint density at radius 1 is 1.08 bits per heavy atom. The van der Waals surface area contributed by atoms with Gasteiger partial charge in [0.05, 0.1) is 5.41 Å². The second kappa shape index (κ2) is 6.96. The normalized spacial score (nSPS) is 19.5. The summed E-state index contributed by atoms with van der Waals surface area (Å²) in [5.74, 6) is -0.622. The second-order valence-corrected chi connectivity index (χ2v) is 7.51. The maximum Gasteiger partial charge on any atom is 0.309 e. The van der Waals surface area contributed by atoms with Crippen molar-refractivity contribution in [2.75, 3.05) is 0 Å². The van der Waals surface area contributed by atoms with E-state index in [2.05, 4.69) is 24.3 Å². The van der Waals surface area contributed by atoms with E-state index >= 15 is 0 Å².